The van der Waals surface area contributed by atoms with Gasteiger partial charge in [-0.3, -0.25) is 9.48 Å². The van der Waals surface area contributed by atoms with E-state index in [1.54, 1.807) is 16.9 Å². The molecule has 2 N–H and O–H groups in total. The van der Waals surface area contributed by atoms with E-state index in [1.165, 1.54) is 0 Å². The minimum Gasteiger partial charge on any atom is -0.393 e. The molecule has 0 radical (unpaired) electrons. The maximum atomic E-state index is 12.9. The van der Waals surface area contributed by atoms with Crippen LogP contribution in [0.4, 0.5) is 5.69 Å². The van der Waals surface area contributed by atoms with Gasteiger partial charge in [-0.2, -0.15) is 5.26 Å². The third-order valence-corrected chi connectivity index (χ3v) is 8.21. The van der Waals surface area contributed by atoms with Crippen molar-refractivity contribution in [2.75, 3.05) is 11.9 Å². The highest BCUT2D eigenvalue weighted by Crippen LogP contribution is 2.47. The van der Waals surface area contributed by atoms with Gasteiger partial charge in [0.05, 0.1) is 24.9 Å². The quantitative estimate of drug-likeness (QED) is 0.450. The number of rotatable bonds is 6. The molecule has 1 saturated heterocycles. The smallest absolute Gasteiger partial charge is 0.226 e. The van der Waals surface area contributed by atoms with E-state index in [4.69, 9.17) is 11.6 Å². The molecule has 3 aromatic rings. The van der Waals surface area contributed by atoms with Crippen LogP contribution in [0.2, 0.25) is 5.02 Å². The molecule has 5 atom stereocenters. The van der Waals surface area contributed by atoms with E-state index in [0.717, 1.165) is 36.1 Å². The Morgan fingerprint density at radius 3 is 2.89 bits per heavy atom. The van der Waals surface area contributed by atoms with Crippen molar-refractivity contribution in [3.63, 3.8) is 0 Å². The fourth-order valence-electron chi connectivity index (χ4n) is 5.90. The van der Waals surface area contributed by atoms with Crippen LogP contribution in [0.15, 0.2) is 54.7 Å². The van der Waals surface area contributed by atoms with Gasteiger partial charge in [0.25, 0.3) is 0 Å². The first-order valence-electron chi connectivity index (χ1n) is 12.8. The average molecular weight is 519 g/mol. The molecule has 2 fully saturated rings. The second-order valence-corrected chi connectivity index (χ2v) is 10.6. The number of nitriles is 1. The summed E-state index contributed by atoms with van der Waals surface area (Å²) in [4.78, 5) is 14.8. The molecule has 1 unspecified atom stereocenters. The highest BCUT2D eigenvalue weighted by atomic mass is 35.5. The predicted molar refractivity (Wildman–Crippen MR) is 141 cm³/mol. The molecule has 5 rings (SSSR count). The highest BCUT2D eigenvalue weighted by molar-refractivity contribution is 6.30. The molecule has 8 nitrogen and oxygen atoms in total. The van der Waals surface area contributed by atoms with Crippen LogP contribution in [-0.4, -0.2) is 43.6 Å². The molecular formula is C28H31ClN6O2. The zero-order valence-electron chi connectivity index (χ0n) is 20.8. The van der Waals surface area contributed by atoms with Crippen molar-refractivity contribution >= 4 is 23.2 Å². The molecule has 2 aliphatic rings. The van der Waals surface area contributed by atoms with E-state index >= 15 is 0 Å². The maximum absolute atomic E-state index is 12.9. The summed E-state index contributed by atoms with van der Waals surface area (Å²) < 4.78 is 1.65. The zero-order valence-corrected chi connectivity index (χ0v) is 21.6. The van der Waals surface area contributed by atoms with E-state index < -0.39 is 0 Å². The van der Waals surface area contributed by atoms with Crippen LogP contribution in [-0.2, 0) is 11.3 Å². The van der Waals surface area contributed by atoms with Gasteiger partial charge in [-0.05, 0) is 60.8 Å². The van der Waals surface area contributed by atoms with Gasteiger partial charge in [0.2, 0.25) is 5.91 Å². The molecule has 9 heteroatoms. The first-order valence-corrected chi connectivity index (χ1v) is 13.2. The Kier molecular flexibility index (Phi) is 7.45. The summed E-state index contributed by atoms with van der Waals surface area (Å²) in [6.07, 6.45) is 6.66. The van der Waals surface area contributed by atoms with Gasteiger partial charge < -0.3 is 15.3 Å². The fraction of sp³-hybridized carbons (Fsp3) is 0.429. The molecule has 2 aromatic carbocycles. The lowest BCUT2D eigenvalue weighted by atomic mass is 9.66. The Bertz CT molecular complexity index is 1300. The third kappa shape index (κ3) is 5.48. The number of carbonyl (C=O) groups is 1. The molecule has 1 saturated carbocycles. The van der Waals surface area contributed by atoms with Crippen LogP contribution in [0.25, 0.3) is 11.3 Å². The summed E-state index contributed by atoms with van der Waals surface area (Å²) in [7, 11) is 0. The molecule has 1 aromatic heterocycles. The maximum Gasteiger partial charge on any atom is 0.226 e. The molecule has 192 valence electrons. The number of anilines is 1. The number of likely N-dealkylation sites (tertiary alicyclic amines) is 1. The van der Waals surface area contributed by atoms with Crippen LogP contribution in [0.3, 0.4) is 0 Å². The normalized spacial score (nSPS) is 25.2. The molecule has 0 spiro atoms. The van der Waals surface area contributed by atoms with E-state index in [9.17, 15) is 15.2 Å². The minimum absolute atomic E-state index is 0.133. The molecule has 1 amide bonds. The lowest BCUT2D eigenvalue weighted by Gasteiger charge is -2.48. The number of aliphatic hydroxyl groups is 1. The van der Waals surface area contributed by atoms with Crippen LogP contribution in [0, 0.1) is 29.2 Å². The van der Waals surface area contributed by atoms with E-state index in [-0.39, 0.29) is 30.4 Å². The number of aromatic nitrogens is 3. The molecule has 37 heavy (non-hydrogen) atoms. The molecule has 0 bridgehead atoms. The molecule has 1 aliphatic carbocycles. The number of aliphatic hydroxyl groups excluding tert-OH is 1. The fourth-order valence-corrected chi connectivity index (χ4v) is 6.09. The predicted octanol–water partition coefficient (Wildman–Crippen LogP) is 4.88. The summed E-state index contributed by atoms with van der Waals surface area (Å²) in [5.74, 6) is 0.827. The number of hydrogen-bond acceptors (Lipinski definition) is 6. The van der Waals surface area contributed by atoms with Gasteiger partial charge in [0.1, 0.15) is 5.69 Å². The average Bonchev–Trinajstić information content (AvgIpc) is 3.39. The number of halogens is 1. The topological polar surface area (TPSA) is 107 Å². The zero-order chi connectivity index (χ0) is 25.9. The first kappa shape index (κ1) is 25.2. The Balaban J connectivity index is 1.26. The van der Waals surface area contributed by atoms with E-state index in [0.29, 0.717) is 35.6 Å². The van der Waals surface area contributed by atoms with Crippen LogP contribution >= 0.6 is 11.6 Å². The van der Waals surface area contributed by atoms with Crippen molar-refractivity contribution in [2.24, 2.45) is 17.8 Å². The Morgan fingerprint density at radius 2 is 2.08 bits per heavy atom. The van der Waals surface area contributed by atoms with Crippen molar-refractivity contribution in [1.82, 2.24) is 19.9 Å². The van der Waals surface area contributed by atoms with Gasteiger partial charge in [-0.25, -0.2) is 0 Å². The number of fused-ring (bicyclic) bond motifs is 1. The van der Waals surface area contributed by atoms with Gasteiger partial charge in [0, 0.05) is 29.2 Å². The van der Waals surface area contributed by atoms with Gasteiger partial charge in [0.15, 0.2) is 6.19 Å². The lowest BCUT2D eigenvalue weighted by molar-refractivity contribution is -0.116. The molecule has 2 heterocycles. The summed E-state index contributed by atoms with van der Waals surface area (Å²) in [6, 6.07) is 15.0. The summed E-state index contributed by atoms with van der Waals surface area (Å²) in [5, 5.41) is 32.4. The van der Waals surface area contributed by atoms with Crippen LogP contribution in [0.5, 0.6) is 0 Å². The first-order chi connectivity index (χ1) is 17.9. The van der Waals surface area contributed by atoms with Crippen molar-refractivity contribution in [3.05, 3.63) is 65.3 Å². The van der Waals surface area contributed by atoms with Crippen molar-refractivity contribution in [1.29, 1.82) is 5.26 Å². The highest BCUT2D eigenvalue weighted by Gasteiger charge is 2.43. The van der Waals surface area contributed by atoms with Crippen LogP contribution < -0.4 is 5.32 Å². The Hall–Kier alpha value is -3.41. The van der Waals surface area contributed by atoms with Crippen molar-refractivity contribution < 1.29 is 9.90 Å². The Morgan fingerprint density at radius 1 is 1.24 bits per heavy atom. The van der Waals surface area contributed by atoms with E-state index in [2.05, 4.69) is 28.7 Å². The van der Waals surface area contributed by atoms with E-state index in [1.807, 2.05) is 47.4 Å². The SMILES string of the molecule is C[C@@H]1C2C[C@@H](c3ccccc3NC(=O)CCn3cc(-c4cccc(Cl)c4)nn3)N(C#N)C[C@@H]2CC[C@@H]1O. The third-order valence-electron chi connectivity index (χ3n) is 7.97. The number of para-hydroxylation sites is 1. The lowest BCUT2D eigenvalue weighted by Crippen LogP contribution is -2.47. The number of amides is 1. The second kappa shape index (κ2) is 10.9. The summed E-state index contributed by atoms with van der Waals surface area (Å²) in [6.45, 7) is 3.19. The van der Waals surface area contributed by atoms with Crippen LogP contribution in [0.1, 0.15) is 44.2 Å². The van der Waals surface area contributed by atoms with Gasteiger partial charge in [-0.1, -0.05) is 54.1 Å². The molecule has 1 aliphatic heterocycles. The number of aryl methyl sites for hydroxylation is 1. The standard InChI is InChI=1S/C28H31ClN6O2/c1-18-23-14-26(34(17-30)15-20(23)9-10-27(18)36)22-7-2-3-8-24(22)31-28(37)11-12-35-16-25(32-33-35)19-5-4-6-21(29)13-19/h2-8,13,16,18,20,23,26-27,36H,9-12,14-15H2,1H3,(H,31,37)/t18-,20+,23?,26+,27+/m1/s1. The number of nitrogens with zero attached hydrogens (tertiary/aromatic N) is 5. The largest absolute Gasteiger partial charge is 0.393 e. The summed E-state index contributed by atoms with van der Waals surface area (Å²) in [5.41, 5.74) is 3.22. The van der Waals surface area contributed by atoms with Crippen molar-refractivity contribution in [2.45, 2.75) is 51.3 Å². The molecular weight excluding hydrogens is 488 g/mol. The number of hydrogen-bond donors (Lipinski definition) is 2. The number of piperidine rings is 1. The number of nitrogens with one attached hydrogen (secondary N) is 1. The number of carbonyl (C=O) groups excluding carboxylic acids is 1. The second-order valence-electron chi connectivity index (χ2n) is 10.2. The van der Waals surface area contributed by atoms with Gasteiger partial charge >= 0.3 is 0 Å². The van der Waals surface area contributed by atoms with Crippen molar-refractivity contribution in [3.8, 4) is 17.5 Å². The Labute approximate surface area is 221 Å². The monoisotopic (exact) mass is 518 g/mol. The van der Waals surface area contributed by atoms with Gasteiger partial charge in [-0.15, -0.1) is 5.10 Å². The summed E-state index contributed by atoms with van der Waals surface area (Å²) >= 11 is 6.08. The number of benzene rings is 2. The minimum atomic E-state index is -0.290.